The van der Waals surface area contributed by atoms with Gasteiger partial charge in [-0.05, 0) is 25.7 Å². The monoisotopic (exact) mass is 254 g/mol. The predicted octanol–water partition coefficient (Wildman–Crippen LogP) is 1.14. The molecular weight excluding hydrogens is 228 g/mol. The van der Waals surface area contributed by atoms with E-state index in [0.717, 1.165) is 32.8 Å². The molecule has 0 radical (unpaired) electrons. The molecule has 2 heterocycles. The summed E-state index contributed by atoms with van der Waals surface area (Å²) in [6.45, 7) is 4.36. The maximum Gasteiger partial charge on any atom is 0.0697 e. The van der Waals surface area contributed by atoms with Gasteiger partial charge in [0.25, 0.3) is 0 Å². The largest absolute Gasteiger partial charge is 0.378 e. The van der Waals surface area contributed by atoms with E-state index >= 15 is 0 Å². The average molecular weight is 254 g/mol. The molecule has 1 aliphatic carbocycles. The molecule has 1 spiro atoms. The molecule has 2 unspecified atom stereocenters. The summed E-state index contributed by atoms with van der Waals surface area (Å²) in [6.07, 6.45) is 7.59. The summed E-state index contributed by atoms with van der Waals surface area (Å²) in [5.41, 5.74) is 6.10. The molecule has 0 aromatic rings. The van der Waals surface area contributed by atoms with Gasteiger partial charge in [-0.15, -0.1) is 0 Å². The van der Waals surface area contributed by atoms with Gasteiger partial charge in [0, 0.05) is 31.8 Å². The zero-order valence-corrected chi connectivity index (χ0v) is 11.3. The van der Waals surface area contributed by atoms with Gasteiger partial charge in [0.05, 0.1) is 18.8 Å². The van der Waals surface area contributed by atoms with Crippen molar-refractivity contribution in [1.29, 1.82) is 0 Å². The van der Waals surface area contributed by atoms with Crippen LogP contribution in [-0.2, 0) is 9.47 Å². The van der Waals surface area contributed by atoms with Crippen LogP contribution in [0.1, 0.15) is 38.5 Å². The number of hydrogen-bond acceptors (Lipinski definition) is 4. The van der Waals surface area contributed by atoms with E-state index in [4.69, 9.17) is 15.2 Å². The fraction of sp³-hybridized carbons (Fsp3) is 1.00. The number of rotatable bonds is 2. The highest BCUT2D eigenvalue weighted by atomic mass is 16.5. The quantitative estimate of drug-likeness (QED) is 0.803. The van der Waals surface area contributed by atoms with Crippen LogP contribution in [0, 0.1) is 0 Å². The molecule has 2 saturated heterocycles. The third-order valence-electron chi connectivity index (χ3n) is 5.00. The van der Waals surface area contributed by atoms with Gasteiger partial charge in [0.1, 0.15) is 0 Å². The number of nitrogens with zero attached hydrogens (tertiary/aromatic N) is 1. The van der Waals surface area contributed by atoms with Crippen LogP contribution < -0.4 is 5.73 Å². The minimum Gasteiger partial charge on any atom is -0.378 e. The van der Waals surface area contributed by atoms with Gasteiger partial charge in [-0.25, -0.2) is 0 Å². The summed E-state index contributed by atoms with van der Waals surface area (Å²) in [6, 6.07) is 1.08. The second-order valence-electron chi connectivity index (χ2n) is 6.09. The average Bonchev–Trinajstić information content (AvgIpc) is 2.86. The molecule has 0 amide bonds. The highest BCUT2D eigenvalue weighted by molar-refractivity contribution is 4.96. The van der Waals surface area contributed by atoms with E-state index < -0.39 is 0 Å². The lowest BCUT2D eigenvalue weighted by Crippen LogP contribution is -2.57. The van der Waals surface area contributed by atoms with Gasteiger partial charge < -0.3 is 15.2 Å². The molecule has 18 heavy (non-hydrogen) atoms. The molecule has 2 atom stereocenters. The van der Waals surface area contributed by atoms with Crippen LogP contribution in [0.3, 0.4) is 0 Å². The van der Waals surface area contributed by atoms with Gasteiger partial charge in [0.15, 0.2) is 0 Å². The first-order chi connectivity index (χ1) is 8.83. The first-order valence-corrected chi connectivity index (χ1v) is 7.50. The Kier molecular flexibility index (Phi) is 3.89. The van der Waals surface area contributed by atoms with Crippen molar-refractivity contribution in [2.75, 3.05) is 32.9 Å². The molecule has 3 aliphatic rings. The minimum atomic E-state index is 0.209. The first-order valence-electron chi connectivity index (χ1n) is 7.50. The summed E-state index contributed by atoms with van der Waals surface area (Å²) in [5.74, 6) is 0. The van der Waals surface area contributed by atoms with E-state index in [1.165, 1.54) is 32.1 Å². The lowest BCUT2D eigenvalue weighted by Gasteiger charge is -2.47. The number of hydrogen-bond donors (Lipinski definition) is 1. The Morgan fingerprint density at radius 2 is 2.06 bits per heavy atom. The zero-order valence-electron chi connectivity index (χ0n) is 11.3. The van der Waals surface area contributed by atoms with Crippen LogP contribution >= 0.6 is 0 Å². The van der Waals surface area contributed by atoms with Gasteiger partial charge >= 0.3 is 0 Å². The van der Waals surface area contributed by atoms with Crippen molar-refractivity contribution in [3.05, 3.63) is 0 Å². The van der Waals surface area contributed by atoms with Crippen molar-refractivity contribution < 1.29 is 9.47 Å². The highest BCUT2D eigenvalue weighted by Crippen LogP contribution is 2.41. The molecule has 2 aliphatic heterocycles. The predicted molar refractivity (Wildman–Crippen MR) is 70.5 cm³/mol. The number of morpholine rings is 1. The molecule has 104 valence electrons. The van der Waals surface area contributed by atoms with Gasteiger partial charge in [-0.2, -0.15) is 0 Å². The molecule has 0 bridgehead atoms. The van der Waals surface area contributed by atoms with E-state index in [1.54, 1.807) is 0 Å². The Morgan fingerprint density at radius 1 is 1.22 bits per heavy atom. The second kappa shape index (κ2) is 5.45. The zero-order chi connectivity index (χ0) is 12.4. The molecule has 4 heteroatoms. The van der Waals surface area contributed by atoms with Gasteiger partial charge in [0.2, 0.25) is 0 Å². The van der Waals surface area contributed by atoms with E-state index in [9.17, 15) is 0 Å². The Morgan fingerprint density at radius 3 is 2.83 bits per heavy atom. The van der Waals surface area contributed by atoms with Gasteiger partial charge in [-0.3, -0.25) is 4.90 Å². The van der Waals surface area contributed by atoms with Crippen molar-refractivity contribution in [3.63, 3.8) is 0 Å². The van der Waals surface area contributed by atoms with Crippen molar-refractivity contribution in [1.82, 2.24) is 4.90 Å². The Hall–Kier alpha value is -0.160. The van der Waals surface area contributed by atoms with Crippen LogP contribution in [0.25, 0.3) is 0 Å². The van der Waals surface area contributed by atoms with Crippen molar-refractivity contribution in [2.45, 2.75) is 56.2 Å². The van der Waals surface area contributed by atoms with Crippen molar-refractivity contribution in [3.8, 4) is 0 Å². The van der Waals surface area contributed by atoms with E-state index in [-0.39, 0.29) is 5.60 Å². The van der Waals surface area contributed by atoms with Crippen LogP contribution in [0.2, 0.25) is 0 Å². The van der Waals surface area contributed by atoms with Crippen molar-refractivity contribution >= 4 is 0 Å². The first kappa shape index (κ1) is 12.9. The minimum absolute atomic E-state index is 0.209. The normalized spacial score (nSPS) is 37.2. The van der Waals surface area contributed by atoms with Crippen LogP contribution in [0.5, 0.6) is 0 Å². The third-order valence-corrected chi connectivity index (χ3v) is 5.00. The van der Waals surface area contributed by atoms with Crippen LogP contribution in [0.15, 0.2) is 0 Å². The maximum atomic E-state index is 6.13. The summed E-state index contributed by atoms with van der Waals surface area (Å²) < 4.78 is 11.7. The molecule has 4 nitrogen and oxygen atoms in total. The summed E-state index contributed by atoms with van der Waals surface area (Å²) in [5, 5.41) is 0. The topological polar surface area (TPSA) is 47.7 Å². The van der Waals surface area contributed by atoms with E-state index in [0.29, 0.717) is 18.6 Å². The standard InChI is InChI=1S/C14H26N2O2/c15-10-13-11-17-8-6-16(13)12-3-7-18-14(9-12)4-1-2-5-14/h12-13H,1-11,15H2. The molecule has 3 rings (SSSR count). The Labute approximate surface area is 110 Å². The maximum absolute atomic E-state index is 6.13. The fourth-order valence-corrected chi connectivity index (χ4v) is 4.00. The summed E-state index contributed by atoms with van der Waals surface area (Å²) >= 11 is 0. The van der Waals surface area contributed by atoms with Crippen LogP contribution in [-0.4, -0.2) is 55.5 Å². The Balaban J connectivity index is 1.67. The SMILES string of the molecule is NCC1COCCN1C1CCOC2(CCCC2)C1. The molecule has 3 fully saturated rings. The smallest absolute Gasteiger partial charge is 0.0697 e. The highest BCUT2D eigenvalue weighted by Gasteiger charge is 2.42. The lowest BCUT2D eigenvalue weighted by molar-refractivity contribution is -0.122. The molecular formula is C14H26N2O2. The lowest BCUT2D eigenvalue weighted by atomic mass is 9.87. The summed E-state index contributed by atoms with van der Waals surface area (Å²) in [7, 11) is 0. The number of ether oxygens (including phenoxy) is 2. The van der Waals surface area contributed by atoms with Gasteiger partial charge in [-0.1, -0.05) is 12.8 Å². The molecule has 0 aromatic heterocycles. The number of nitrogens with two attached hydrogens (primary N) is 1. The van der Waals surface area contributed by atoms with Crippen molar-refractivity contribution in [2.24, 2.45) is 5.73 Å². The Bertz CT molecular complexity index is 279. The summed E-state index contributed by atoms with van der Waals surface area (Å²) in [4.78, 5) is 2.60. The fourth-order valence-electron chi connectivity index (χ4n) is 4.00. The van der Waals surface area contributed by atoms with Crippen LogP contribution in [0.4, 0.5) is 0 Å². The molecule has 1 saturated carbocycles. The third kappa shape index (κ3) is 2.44. The molecule has 2 N–H and O–H groups in total. The second-order valence-corrected chi connectivity index (χ2v) is 6.09. The van der Waals surface area contributed by atoms with E-state index in [1.807, 2.05) is 0 Å². The van der Waals surface area contributed by atoms with E-state index in [2.05, 4.69) is 4.90 Å². The molecule has 0 aromatic carbocycles.